The molecule has 0 aromatic carbocycles. The van der Waals surface area contributed by atoms with E-state index in [0.717, 1.165) is 19.3 Å². The zero-order valence-corrected chi connectivity index (χ0v) is 11.4. The molecule has 0 atom stereocenters. The van der Waals surface area contributed by atoms with Gasteiger partial charge < -0.3 is 15.8 Å². The van der Waals surface area contributed by atoms with Crippen LogP contribution < -0.4 is 11.1 Å². The number of hydrogen-bond acceptors (Lipinski definition) is 3. The normalized spacial score (nSPS) is 27.3. The van der Waals surface area contributed by atoms with E-state index >= 15 is 0 Å². The molecule has 3 N–H and O–H groups in total. The van der Waals surface area contributed by atoms with E-state index in [0.29, 0.717) is 30.7 Å². The molecule has 17 heavy (non-hydrogen) atoms. The first kappa shape index (κ1) is 14.4. The van der Waals surface area contributed by atoms with Crippen molar-refractivity contribution >= 4 is 23.1 Å². The number of carbonyl (C=O) groups is 1. The highest BCUT2D eigenvalue weighted by Gasteiger charge is 2.50. The fourth-order valence-electron chi connectivity index (χ4n) is 2.32. The van der Waals surface area contributed by atoms with E-state index in [2.05, 4.69) is 12.2 Å². The highest BCUT2D eigenvalue weighted by Crippen LogP contribution is 2.45. The van der Waals surface area contributed by atoms with Crippen LogP contribution in [0.4, 0.5) is 0 Å². The van der Waals surface area contributed by atoms with E-state index in [4.69, 9.17) is 22.7 Å². The lowest BCUT2D eigenvalue weighted by molar-refractivity contribution is -0.132. The van der Waals surface area contributed by atoms with Crippen LogP contribution >= 0.6 is 12.2 Å². The van der Waals surface area contributed by atoms with Gasteiger partial charge in [0.1, 0.15) is 0 Å². The van der Waals surface area contributed by atoms with Gasteiger partial charge >= 0.3 is 0 Å². The summed E-state index contributed by atoms with van der Waals surface area (Å²) >= 11 is 5.02. The summed E-state index contributed by atoms with van der Waals surface area (Å²) in [4.78, 5) is 12.4. The molecule has 0 bridgehead atoms. The Kier molecular flexibility index (Phi) is 5.33. The van der Waals surface area contributed by atoms with Crippen molar-refractivity contribution in [3.63, 3.8) is 0 Å². The average molecular weight is 258 g/mol. The van der Waals surface area contributed by atoms with Crippen molar-refractivity contribution in [1.82, 2.24) is 5.32 Å². The van der Waals surface area contributed by atoms with Crippen LogP contribution in [-0.2, 0) is 9.53 Å². The number of hydrogen-bond donors (Lipinski definition) is 2. The third-order valence-corrected chi connectivity index (χ3v) is 3.65. The predicted octanol–water partition coefficient (Wildman–Crippen LogP) is 1.23. The second kappa shape index (κ2) is 6.31. The van der Waals surface area contributed by atoms with Crippen LogP contribution in [0.15, 0.2) is 0 Å². The predicted molar refractivity (Wildman–Crippen MR) is 71.7 cm³/mol. The van der Waals surface area contributed by atoms with Gasteiger partial charge in [-0.05, 0) is 32.1 Å². The van der Waals surface area contributed by atoms with Crippen molar-refractivity contribution in [2.24, 2.45) is 17.1 Å². The van der Waals surface area contributed by atoms with Crippen LogP contribution in [-0.4, -0.2) is 30.7 Å². The summed E-state index contributed by atoms with van der Waals surface area (Å²) in [6, 6.07) is 0. The smallest absolute Gasteiger partial charge is 0.233 e. The molecule has 1 fully saturated rings. The molecular formula is C12H22N2O2S. The Hall–Kier alpha value is -0.680. The van der Waals surface area contributed by atoms with Gasteiger partial charge in [0.15, 0.2) is 0 Å². The molecule has 0 aromatic heterocycles. The van der Waals surface area contributed by atoms with Crippen molar-refractivity contribution in [1.29, 1.82) is 0 Å². The van der Waals surface area contributed by atoms with E-state index in [1.54, 1.807) is 0 Å². The molecule has 0 unspecified atom stereocenters. The molecule has 1 rings (SSSR count). The Bertz CT molecular complexity index is 288. The number of ether oxygens (including phenoxy) is 1. The van der Waals surface area contributed by atoms with Crippen molar-refractivity contribution < 1.29 is 9.53 Å². The van der Waals surface area contributed by atoms with E-state index < -0.39 is 5.41 Å². The summed E-state index contributed by atoms with van der Waals surface area (Å²) in [5.41, 5.74) is 5.11. The minimum absolute atomic E-state index is 0.0143. The van der Waals surface area contributed by atoms with Gasteiger partial charge in [-0.3, -0.25) is 4.79 Å². The molecule has 1 aliphatic carbocycles. The Morgan fingerprint density at radius 3 is 2.71 bits per heavy atom. The monoisotopic (exact) mass is 258 g/mol. The minimum atomic E-state index is -0.583. The van der Waals surface area contributed by atoms with Gasteiger partial charge in [-0.1, -0.05) is 19.1 Å². The molecule has 1 aliphatic rings. The maximum Gasteiger partial charge on any atom is 0.233 e. The lowest BCUT2D eigenvalue weighted by atomic mass is 9.62. The molecule has 1 amide bonds. The first-order valence-corrected chi connectivity index (χ1v) is 6.59. The van der Waals surface area contributed by atoms with Gasteiger partial charge in [-0.25, -0.2) is 0 Å². The quantitative estimate of drug-likeness (QED) is 0.532. The summed E-state index contributed by atoms with van der Waals surface area (Å²) in [5.74, 6) is 0.519. The molecule has 0 aromatic rings. The molecule has 4 nitrogen and oxygen atoms in total. The summed E-state index contributed by atoms with van der Waals surface area (Å²) < 4.78 is 5.20. The SMILES string of the molecule is CCOCCCNC(=O)C1(C(N)=S)CC(C)C1. The van der Waals surface area contributed by atoms with Crippen LogP contribution in [0, 0.1) is 11.3 Å². The van der Waals surface area contributed by atoms with Gasteiger partial charge in [0, 0.05) is 19.8 Å². The number of amides is 1. The van der Waals surface area contributed by atoms with Gasteiger partial charge in [-0.2, -0.15) is 0 Å². The second-order valence-corrected chi connectivity index (χ2v) is 5.21. The highest BCUT2D eigenvalue weighted by molar-refractivity contribution is 7.80. The summed E-state index contributed by atoms with van der Waals surface area (Å²) in [6.07, 6.45) is 2.38. The number of nitrogens with one attached hydrogen (secondary N) is 1. The first-order chi connectivity index (χ1) is 8.03. The van der Waals surface area contributed by atoms with E-state index in [-0.39, 0.29) is 5.91 Å². The topological polar surface area (TPSA) is 64.3 Å². The molecular weight excluding hydrogens is 236 g/mol. The van der Waals surface area contributed by atoms with E-state index in [9.17, 15) is 4.79 Å². The van der Waals surface area contributed by atoms with E-state index in [1.165, 1.54) is 0 Å². The molecule has 1 saturated carbocycles. The van der Waals surface area contributed by atoms with Crippen molar-refractivity contribution in [3.8, 4) is 0 Å². The Labute approximate surface area is 108 Å². The lowest BCUT2D eigenvalue weighted by Crippen LogP contribution is -2.56. The Balaban J connectivity index is 2.33. The second-order valence-electron chi connectivity index (χ2n) is 4.77. The fourth-order valence-corrected chi connectivity index (χ4v) is 2.58. The van der Waals surface area contributed by atoms with Crippen LogP contribution in [0.1, 0.15) is 33.1 Å². The number of carbonyl (C=O) groups excluding carboxylic acids is 1. The van der Waals surface area contributed by atoms with Crippen molar-refractivity contribution in [2.75, 3.05) is 19.8 Å². The fraction of sp³-hybridized carbons (Fsp3) is 0.833. The Morgan fingerprint density at radius 2 is 2.24 bits per heavy atom. The molecule has 0 radical (unpaired) electrons. The third-order valence-electron chi connectivity index (χ3n) is 3.26. The Morgan fingerprint density at radius 1 is 1.59 bits per heavy atom. The zero-order valence-electron chi connectivity index (χ0n) is 10.6. The highest BCUT2D eigenvalue weighted by atomic mass is 32.1. The standard InChI is InChI=1S/C12H22N2O2S/c1-3-16-6-4-5-14-11(15)12(10(13)17)7-9(2)8-12/h9H,3-8H2,1-2H3,(H2,13,17)(H,14,15). The maximum absolute atomic E-state index is 12.0. The van der Waals surface area contributed by atoms with Crippen molar-refractivity contribution in [3.05, 3.63) is 0 Å². The summed E-state index contributed by atoms with van der Waals surface area (Å²) in [5, 5.41) is 2.90. The zero-order chi connectivity index (χ0) is 12.9. The van der Waals surface area contributed by atoms with Crippen molar-refractivity contribution in [2.45, 2.75) is 33.1 Å². The average Bonchev–Trinajstić information content (AvgIpc) is 2.23. The first-order valence-electron chi connectivity index (χ1n) is 6.19. The maximum atomic E-state index is 12.0. The van der Waals surface area contributed by atoms with Crippen LogP contribution in [0.3, 0.4) is 0 Å². The lowest BCUT2D eigenvalue weighted by Gasteiger charge is -2.44. The number of thiocarbonyl (C=S) groups is 1. The molecule has 0 heterocycles. The van der Waals surface area contributed by atoms with Gasteiger partial charge in [-0.15, -0.1) is 0 Å². The van der Waals surface area contributed by atoms with Crippen LogP contribution in [0.2, 0.25) is 0 Å². The largest absolute Gasteiger partial charge is 0.392 e. The van der Waals surface area contributed by atoms with E-state index in [1.807, 2.05) is 6.92 Å². The van der Waals surface area contributed by atoms with Crippen LogP contribution in [0.5, 0.6) is 0 Å². The van der Waals surface area contributed by atoms with Gasteiger partial charge in [0.25, 0.3) is 0 Å². The molecule has 0 aliphatic heterocycles. The summed E-state index contributed by atoms with van der Waals surface area (Å²) in [7, 11) is 0. The minimum Gasteiger partial charge on any atom is -0.392 e. The number of nitrogens with two attached hydrogens (primary N) is 1. The third kappa shape index (κ3) is 3.39. The number of rotatable bonds is 7. The molecule has 0 saturated heterocycles. The van der Waals surface area contributed by atoms with Crippen LogP contribution in [0.25, 0.3) is 0 Å². The molecule has 5 heteroatoms. The van der Waals surface area contributed by atoms with Gasteiger partial charge in [0.05, 0.1) is 10.4 Å². The molecule has 0 spiro atoms. The summed E-state index contributed by atoms with van der Waals surface area (Å²) in [6.45, 7) is 6.07. The molecule has 98 valence electrons. The van der Waals surface area contributed by atoms with Gasteiger partial charge in [0.2, 0.25) is 5.91 Å².